The van der Waals surface area contributed by atoms with Gasteiger partial charge in [-0.25, -0.2) is 0 Å². The number of benzene rings is 2. The highest BCUT2D eigenvalue weighted by Gasteiger charge is 2.14. The third kappa shape index (κ3) is 5.10. The highest BCUT2D eigenvalue weighted by atomic mass is 16.5. The number of aliphatic hydroxyl groups excluding tert-OH is 1. The minimum atomic E-state index is -0.0695. The second kappa shape index (κ2) is 9.08. The lowest BCUT2D eigenvalue weighted by Gasteiger charge is -2.19. The van der Waals surface area contributed by atoms with Crippen molar-refractivity contribution in [3.8, 4) is 16.9 Å². The van der Waals surface area contributed by atoms with Crippen LogP contribution in [-0.4, -0.2) is 30.3 Å². The van der Waals surface area contributed by atoms with E-state index in [1.54, 1.807) is 0 Å². The van der Waals surface area contributed by atoms with Gasteiger partial charge in [-0.3, -0.25) is 4.79 Å². The maximum Gasteiger partial charge on any atom is 0.223 e. The number of rotatable bonds is 8. The van der Waals surface area contributed by atoms with Crippen LogP contribution in [0.4, 0.5) is 0 Å². The lowest BCUT2D eigenvalue weighted by Crippen LogP contribution is -2.38. The van der Waals surface area contributed by atoms with Crippen molar-refractivity contribution in [2.24, 2.45) is 5.92 Å². The summed E-state index contributed by atoms with van der Waals surface area (Å²) in [6, 6.07) is 17.8. The Kier molecular flexibility index (Phi) is 6.82. The molecule has 128 valence electrons. The van der Waals surface area contributed by atoms with E-state index < -0.39 is 0 Å². The summed E-state index contributed by atoms with van der Waals surface area (Å²) < 4.78 is 5.82. The van der Waals surface area contributed by atoms with Crippen molar-refractivity contribution in [2.75, 3.05) is 13.2 Å². The predicted molar refractivity (Wildman–Crippen MR) is 95.8 cm³/mol. The maximum absolute atomic E-state index is 11.9. The number of carbonyl (C=O) groups is 1. The molecule has 2 N–H and O–H groups in total. The zero-order chi connectivity index (χ0) is 17.4. The number of hydrogen-bond donors (Lipinski definition) is 2. The molecular weight excluding hydrogens is 302 g/mol. The summed E-state index contributed by atoms with van der Waals surface area (Å²) in [5, 5.41) is 12.0. The molecule has 1 amide bonds. The summed E-state index contributed by atoms with van der Waals surface area (Å²) in [4.78, 5) is 11.9. The first-order chi connectivity index (χ1) is 11.6. The highest BCUT2D eigenvalue weighted by molar-refractivity contribution is 5.76. The van der Waals surface area contributed by atoms with Gasteiger partial charge in [0.1, 0.15) is 5.75 Å². The van der Waals surface area contributed by atoms with Crippen molar-refractivity contribution >= 4 is 5.91 Å². The molecular formula is C20H25NO3. The van der Waals surface area contributed by atoms with Gasteiger partial charge in [0.2, 0.25) is 5.91 Å². The number of para-hydroxylation sites is 1. The van der Waals surface area contributed by atoms with Gasteiger partial charge in [0, 0.05) is 18.2 Å². The van der Waals surface area contributed by atoms with E-state index in [0.29, 0.717) is 6.61 Å². The van der Waals surface area contributed by atoms with Crippen LogP contribution in [0.25, 0.3) is 11.1 Å². The molecule has 2 atom stereocenters. The van der Waals surface area contributed by atoms with Crippen molar-refractivity contribution in [3.05, 3.63) is 54.6 Å². The topological polar surface area (TPSA) is 58.6 Å². The van der Waals surface area contributed by atoms with E-state index >= 15 is 0 Å². The molecule has 0 saturated carbocycles. The van der Waals surface area contributed by atoms with Crippen molar-refractivity contribution in [1.82, 2.24) is 5.32 Å². The monoisotopic (exact) mass is 327 g/mol. The molecule has 0 heterocycles. The van der Waals surface area contributed by atoms with Crippen molar-refractivity contribution in [2.45, 2.75) is 26.3 Å². The highest BCUT2D eigenvalue weighted by Crippen LogP contribution is 2.29. The minimum absolute atomic E-state index is 0.0358. The SMILES string of the molecule is CC(CO)C(C)NC(=O)CCOc1ccccc1-c1ccccc1. The molecule has 0 fully saturated rings. The fourth-order valence-electron chi connectivity index (χ4n) is 2.33. The number of hydrogen-bond acceptors (Lipinski definition) is 3. The van der Waals surface area contributed by atoms with Gasteiger partial charge in [0.05, 0.1) is 13.0 Å². The lowest BCUT2D eigenvalue weighted by molar-refractivity contribution is -0.122. The molecule has 2 unspecified atom stereocenters. The smallest absolute Gasteiger partial charge is 0.223 e. The van der Waals surface area contributed by atoms with E-state index in [-0.39, 0.29) is 30.9 Å². The summed E-state index contributed by atoms with van der Waals surface area (Å²) in [7, 11) is 0. The van der Waals surface area contributed by atoms with Gasteiger partial charge >= 0.3 is 0 Å². The summed E-state index contributed by atoms with van der Waals surface area (Å²) in [5.41, 5.74) is 2.10. The van der Waals surface area contributed by atoms with Crippen LogP contribution in [0.15, 0.2) is 54.6 Å². The van der Waals surface area contributed by atoms with Gasteiger partial charge in [-0.05, 0) is 24.5 Å². The van der Waals surface area contributed by atoms with Crippen LogP contribution in [0.3, 0.4) is 0 Å². The maximum atomic E-state index is 11.9. The molecule has 2 rings (SSSR count). The Labute approximate surface area is 143 Å². The summed E-state index contributed by atoms with van der Waals surface area (Å²) in [6.07, 6.45) is 0.283. The van der Waals surface area contributed by atoms with Crippen LogP contribution in [0.5, 0.6) is 5.75 Å². The standard InChI is InChI=1S/C20H25NO3/c1-15(14-22)16(2)21-20(23)12-13-24-19-11-7-6-10-18(19)17-8-4-3-5-9-17/h3-11,15-16,22H,12-14H2,1-2H3,(H,21,23). The summed E-state index contributed by atoms with van der Waals surface area (Å²) in [6.45, 7) is 4.17. The Morgan fingerprint density at radius 2 is 1.75 bits per heavy atom. The second-order valence-corrected chi connectivity index (χ2v) is 5.98. The van der Waals surface area contributed by atoms with E-state index in [9.17, 15) is 4.79 Å². The van der Waals surface area contributed by atoms with E-state index in [1.807, 2.05) is 68.4 Å². The van der Waals surface area contributed by atoms with Crippen LogP contribution >= 0.6 is 0 Å². The molecule has 0 radical (unpaired) electrons. The molecule has 4 heteroatoms. The molecule has 2 aromatic carbocycles. The average molecular weight is 327 g/mol. The second-order valence-electron chi connectivity index (χ2n) is 5.98. The Bertz CT molecular complexity index is 642. The number of carbonyl (C=O) groups excluding carboxylic acids is 1. The molecule has 0 bridgehead atoms. The summed E-state index contributed by atoms with van der Waals surface area (Å²) >= 11 is 0. The first-order valence-electron chi connectivity index (χ1n) is 8.29. The molecule has 0 saturated heterocycles. The Morgan fingerprint density at radius 3 is 2.46 bits per heavy atom. The largest absolute Gasteiger partial charge is 0.492 e. The third-order valence-electron chi connectivity index (χ3n) is 4.09. The predicted octanol–water partition coefficient (Wildman–Crippen LogP) is 3.26. The Hall–Kier alpha value is -2.33. The zero-order valence-electron chi connectivity index (χ0n) is 14.2. The first-order valence-corrected chi connectivity index (χ1v) is 8.29. The van der Waals surface area contributed by atoms with Gasteiger partial charge in [0.15, 0.2) is 0 Å². The van der Waals surface area contributed by atoms with E-state index in [4.69, 9.17) is 9.84 Å². The third-order valence-corrected chi connectivity index (χ3v) is 4.09. The van der Waals surface area contributed by atoms with Gasteiger partial charge in [-0.1, -0.05) is 55.5 Å². The number of aliphatic hydroxyl groups is 1. The molecule has 0 aliphatic carbocycles. The van der Waals surface area contributed by atoms with Crippen LogP contribution < -0.4 is 10.1 Å². The van der Waals surface area contributed by atoms with Gasteiger partial charge in [0.25, 0.3) is 0 Å². The number of amides is 1. The minimum Gasteiger partial charge on any atom is -0.492 e. The normalized spacial score (nSPS) is 13.1. The zero-order valence-corrected chi connectivity index (χ0v) is 14.2. The van der Waals surface area contributed by atoms with E-state index in [1.165, 1.54) is 0 Å². The Morgan fingerprint density at radius 1 is 1.08 bits per heavy atom. The number of ether oxygens (including phenoxy) is 1. The Balaban J connectivity index is 1.90. The average Bonchev–Trinajstić information content (AvgIpc) is 2.62. The fourth-order valence-corrected chi connectivity index (χ4v) is 2.33. The van der Waals surface area contributed by atoms with E-state index in [0.717, 1.165) is 16.9 Å². The van der Waals surface area contributed by atoms with Crippen LogP contribution in [0.1, 0.15) is 20.3 Å². The molecule has 0 spiro atoms. The van der Waals surface area contributed by atoms with Gasteiger partial charge in [-0.15, -0.1) is 0 Å². The van der Waals surface area contributed by atoms with Crippen LogP contribution in [0, 0.1) is 5.92 Å². The quantitative estimate of drug-likeness (QED) is 0.782. The molecule has 0 aliphatic rings. The van der Waals surface area contributed by atoms with Crippen molar-refractivity contribution < 1.29 is 14.6 Å². The lowest BCUT2D eigenvalue weighted by atomic mass is 10.0. The fraction of sp³-hybridized carbons (Fsp3) is 0.350. The molecule has 0 aromatic heterocycles. The van der Waals surface area contributed by atoms with Crippen molar-refractivity contribution in [1.29, 1.82) is 0 Å². The van der Waals surface area contributed by atoms with Crippen molar-refractivity contribution in [3.63, 3.8) is 0 Å². The first kappa shape index (κ1) is 18.0. The number of nitrogens with one attached hydrogen (secondary N) is 1. The van der Waals surface area contributed by atoms with Gasteiger partial charge in [-0.2, -0.15) is 0 Å². The van der Waals surface area contributed by atoms with Crippen LogP contribution in [-0.2, 0) is 4.79 Å². The summed E-state index contributed by atoms with van der Waals surface area (Å²) in [5.74, 6) is 0.738. The molecule has 4 nitrogen and oxygen atoms in total. The molecule has 24 heavy (non-hydrogen) atoms. The van der Waals surface area contributed by atoms with Gasteiger partial charge < -0.3 is 15.2 Å². The van der Waals surface area contributed by atoms with E-state index in [2.05, 4.69) is 5.32 Å². The van der Waals surface area contributed by atoms with Crippen LogP contribution in [0.2, 0.25) is 0 Å². The molecule has 0 aliphatic heterocycles. The molecule has 2 aromatic rings.